The normalized spacial score (nSPS) is 18.4. The van der Waals surface area contributed by atoms with Gasteiger partial charge < -0.3 is 10.2 Å². The Kier molecular flexibility index (Phi) is 5.81. The SMILES string of the molecule is CC(=O)N1CCC(C(=O)NC(c2ccc3c(c2)CCCC3)c2cccs2)CC1. The van der Waals surface area contributed by atoms with Crippen LogP contribution in [0.4, 0.5) is 0 Å². The number of benzene rings is 1. The molecule has 1 aliphatic carbocycles. The summed E-state index contributed by atoms with van der Waals surface area (Å²) in [4.78, 5) is 27.6. The smallest absolute Gasteiger partial charge is 0.224 e. The van der Waals surface area contributed by atoms with Gasteiger partial charge in [0.2, 0.25) is 11.8 Å². The van der Waals surface area contributed by atoms with E-state index >= 15 is 0 Å². The molecule has 1 saturated heterocycles. The summed E-state index contributed by atoms with van der Waals surface area (Å²) in [5, 5.41) is 5.39. The first-order valence-electron chi connectivity index (χ1n) is 10.3. The average molecular weight is 397 g/mol. The van der Waals surface area contributed by atoms with Crippen LogP contribution >= 0.6 is 11.3 Å². The molecule has 148 valence electrons. The van der Waals surface area contributed by atoms with Crippen LogP contribution < -0.4 is 5.32 Å². The minimum atomic E-state index is -0.0921. The van der Waals surface area contributed by atoms with Crippen molar-refractivity contribution in [3.05, 3.63) is 57.3 Å². The molecule has 1 N–H and O–H groups in total. The predicted molar refractivity (Wildman–Crippen MR) is 112 cm³/mol. The van der Waals surface area contributed by atoms with Gasteiger partial charge in [-0.15, -0.1) is 11.3 Å². The van der Waals surface area contributed by atoms with Crippen molar-refractivity contribution in [1.29, 1.82) is 0 Å². The fourth-order valence-electron chi connectivity index (χ4n) is 4.42. The van der Waals surface area contributed by atoms with Crippen LogP contribution in [0.5, 0.6) is 0 Å². The van der Waals surface area contributed by atoms with E-state index in [1.54, 1.807) is 18.3 Å². The highest BCUT2D eigenvalue weighted by Crippen LogP contribution is 2.31. The van der Waals surface area contributed by atoms with Gasteiger partial charge in [-0.3, -0.25) is 9.59 Å². The second-order valence-corrected chi connectivity index (χ2v) is 8.95. The Morgan fingerprint density at radius 3 is 2.54 bits per heavy atom. The lowest BCUT2D eigenvalue weighted by Gasteiger charge is -2.31. The molecule has 5 heteroatoms. The van der Waals surface area contributed by atoms with Gasteiger partial charge in [0.15, 0.2) is 0 Å². The Hall–Kier alpha value is -2.14. The minimum Gasteiger partial charge on any atom is -0.344 e. The van der Waals surface area contributed by atoms with Crippen LogP contribution in [0.15, 0.2) is 35.7 Å². The molecule has 1 fully saturated rings. The van der Waals surface area contributed by atoms with Crippen molar-refractivity contribution in [2.24, 2.45) is 5.92 Å². The van der Waals surface area contributed by atoms with Crippen molar-refractivity contribution in [3.8, 4) is 0 Å². The van der Waals surface area contributed by atoms with Crippen molar-refractivity contribution in [3.63, 3.8) is 0 Å². The Morgan fingerprint density at radius 2 is 1.86 bits per heavy atom. The van der Waals surface area contributed by atoms with Crippen LogP contribution in [0.25, 0.3) is 0 Å². The summed E-state index contributed by atoms with van der Waals surface area (Å²) < 4.78 is 0. The summed E-state index contributed by atoms with van der Waals surface area (Å²) in [6, 6.07) is 10.8. The first-order chi connectivity index (χ1) is 13.6. The number of carbonyl (C=O) groups excluding carboxylic acids is 2. The monoisotopic (exact) mass is 396 g/mol. The molecule has 4 nitrogen and oxygen atoms in total. The number of rotatable bonds is 4. The predicted octanol–water partition coefficient (Wildman–Crippen LogP) is 4.09. The number of piperidine rings is 1. The number of carbonyl (C=O) groups is 2. The Labute approximate surface area is 170 Å². The van der Waals surface area contributed by atoms with Gasteiger partial charge in [-0.1, -0.05) is 24.3 Å². The van der Waals surface area contributed by atoms with Gasteiger partial charge in [0.1, 0.15) is 0 Å². The Bertz CT molecular complexity index is 838. The molecule has 0 spiro atoms. The Morgan fingerprint density at radius 1 is 1.11 bits per heavy atom. The molecule has 2 amide bonds. The average Bonchev–Trinajstić information content (AvgIpc) is 3.26. The van der Waals surface area contributed by atoms with E-state index in [0.717, 1.165) is 19.3 Å². The molecule has 1 unspecified atom stereocenters. The molecule has 4 rings (SSSR count). The Balaban J connectivity index is 1.51. The number of nitrogens with zero attached hydrogens (tertiary/aromatic N) is 1. The van der Waals surface area contributed by atoms with E-state index in [1.165, 1.54) is 40.8 Å². The van der Waals surface area contributed by atoms with Gasteiger partial charge in [-0.2, -0.15) is 0 Å². The van der Waals surface area contributed by atoms with Crippen molar-refractivity contribution in [2.45, 2.75) is 51.5 Å². The van der Waals surface area contributed by atoms with Crippen LogP contribution in [0.1, 0.15) is 60.2 Å². The lowest BCUT2D eigenvalue weighted by atomic mass is 9.88. The van der Waals surface area contributed by atoms with Crippen molar-refractivity contribution in [2.75, 3.05) is 13.1 Å². The number of amides is 2. The second-order valence-electron chi connectivity index (χ2n) is 7.97. The first-order valence-corrected chi connectivity index (χ1v) is 11.2. The fraction of sp³-hybridized carbons (Fsp3) is 0.478. The molecule has 1 aromatic heterocycles. The zero-order valence-corrected chi connectivity index (χ0v) is 17.3. The lowest BCUT2D eigenvalue weighted by Crippen LogP contribution is -2.43. The summed E-state index contributed by atoms with van der Waals surface area (Å²) in [5.41, 5.74) is 4.08. The summed E-state index contributed by atoms with van der Waals surface area (Å²) in [6.45, 7) is 2.95. The third-order valence-electron chi connectivity index (χ3n) is 6.13. The van der Waals surface area contributed by atoms with Crippen LogP contribution in [-0.2, 0) is 22.4 Å². The third-order valence-corrected chi connectivity index (χ3v) is 7.07. The van der Waals surface area contributed by atoms with E-state index in [9.17, 15) is 9.59 Å². The molecule has 2 aromatic rings. The number of likely N-dealkylation sites (tertiary alicyclic amines) is 1. The molecule has 0 radical (unpaired) electrons. The van der Waals surface area contributed by atoms with Crippen molar-refractivity contribution >= 4 is 23.2 Å². The second kappa shape index (κ2) is 8.48. The van der Waals surface area contributed by atoms with E-state index in [2.05, 4.69) is 35.0 Å². The van der Waals surface area contributed by atoms with Crippen LogP contribution in [-0.4, -0.2) is 29.8 Å². The maximum Gasteiger partial charge on any atom is 0.224 e. The van der Waals surface area contributed by atoms with E-state index in [-0.39, 0.29) is 23.8 Å². The van der Waals surface area contributed by atoms with Gasteiger partial charge in [0.05, 0.1) is 6.04 Å². The number of aryl methyl sites for hydroxylation is 2. The summed E-state index contributed by atoms with van der Waals surface area (Å²) in [6.07, 6.45) is 6.31. The summed E-state index contributed by atoms with van der Waals surface area (Å²) >= 11 is 1.69. The minimum absolute atomic E-state index is 0.0179. The number of fused-ring (bicyclic) bond motifs is 1. The van der Waals surface area contributed by atoms with Gasteiger partial charge in [-0.25, -0.2) is 0 Å². The molecule has 1 atom stereocenters. The van der Waals surface area contributed by atoms with E-state index < -0.39 is 0 Å². The largest absolute Gasteiger partial charge is 0.344 e. The van der Waals surface area contributed by atoms with Gasteiger partial charge in [-0.05, 0) is 66.7 Å². The molecule has 2 heterocycles. The quantitative estimate of drug-likeness (QED) is 0.846. The zero-order chi connectivity index (χ0) is 19.5. The number of thiophene rings is 1. The highest BCUT2D eigenvalue weighted by molar-refractivity contribution is 7.10. The molecule has 0 saturated carbocycles. The first kappa shape index (κ1) is 19.2. The van der Waals surface area contributed by atoms with Crippen LogP contribution in [0.3, 0.4) is 0 Å². The molecule has 1 aromatic carbocycles. The maximum absolute atomic E-state index is 13.0. The lowest BCUT2D eigenvalue weighted by molar-refractivity contribution is -0.134. The molecule has 2 aliphatic rings. The molecular formula is C23H28N2O2S. The van der Waals surface area contributed by atoms with E-state index in [0.29, 0.717) is 13.1 Å². The third kappa shape index (κ3) is 4.14. The number of hydrogen-bond donors (Lipinski definition) is 1. The standard InChI is InChI=1S/C23H28N2O2S/c1-16(26)25-12-10-18(11-13-25)23(27)24-22(21-7-4-14-28-21)20-9-8-17-5-2-3-6-19(17)15-20/h4,7-9,14-15,18,22H,2-3,5-6,10-13H2,1H3,(H,24,27). The zero-order valence-electron chi connectivity index (χ0n) is 16.4. The molecule has 28 heavy (non-hydrogen) atoms. The van der Waals surface area contributed by atoms with E-state index in [1.807, 2.05) is 11.0 Å². The van der Waals surface area contributed by atoms with Crippen LogP contribution in [0, 0.1) is 5.92 Å². The highest BCUT2D eigenvalue weighted by atomic mass is 32.1. The van der Waals surface area contributed by atoms with Crippen LogP contribution in [0.2, 0.25) is 0 Å². The van der Waals surface area contributed by atoms with Gasteiger partial charge >= 0.3 is 0 Å². The van der Waals surface area contributed by atoms with E-state index in [4.69, 9.17) is 0 Å². The van der Waals surface area contributed by atoms with Gasteiger partial charge in [0.25, 0.3) is 0 Å². The highest BCUT2D eigenvalue weighted by Gasteiger charge is 2.28. The fourth-order valence-corrected chi connectivity index (χ4v) is 5.23. The number of nitrogens with one attached hydrogen (secondary N) is 1. The molecule has 0 bridgehead atoms. The van der Waals surface area contributed by atoms with Crippen molar-refractivity contribution < 1.29 is 9.59 Å². The summed E-state index contributed by atoms with van der Waals surface area (Å²) in [5.74, 6) is 0.194. The maximum atomic E-state index is 13.0. The van der Waals surface area contributed by atoms with Crippen molar-refractivity contribution in [1.82, 2.24) is 10.2 Å². The number of hydrogen-bond acceptors (Lipinski definition) is 3. The molecule has 1 aliphatic heterocycles. The van der Waals surface area contributed by atoms with Gasteiger partial charge in [0, 0.05) is 30.8 Å². The molecular weight excluding hydrogens is 368 g/mol. The topological polar surface area (TPSA) is 49.4 Å². The summed E-state index contributed by atoms with van der Waals surface area (Å²) in [7, 11) is 0.